The van der Waals surface area contributed by atoms with Crippen LogP contribution < -0.4 is 11.2 Å². The second-order valence-electron chi connectivity index (χ2n) is 5.99. The van der Waals surface area contributed by atoms with Crippen LogP contribution in [0.4, 0.5) is 0 Å². The van der Waals surface area contributed by atoms with Gasteiger partial charge in [-0.2, -0.15) is 0 Å². The first kappa shape index (κ1) is 16.2. The highest BCUT2D eigenvalue weighted by atomic mass is 16.2. The quantitative estimate of drug-likeness (QED) is 0.896. The summed E-state index contributed by atoms with van der Waals surface area (Å²) in [5, 5.41) is 0. The van der Waals surface area contributed by atoms with Gasteiger partial charge in [-0.1, -0.05) is 6.07 Å². The SMILES string of the molecule is O=C(CCn1ccccc1=O)N1CCC[C@@H](c2ccnc(=O)[nH]2)C1. The predicted molar refractivity (Wildman–Crippen MR) is 88.7 cm³/mol. The van der Waals surface area contributed by atoms with E-state index in [0.29, 0.717) is 26.1 Å². The molecule has 2 aromatic heterocycles. The second kappa shape index (κ2) is 7.25. The monoisotopic (exact) mass is 328 g/mol. The number of pyridine rings is 1. The number of hydrogen-bond acceptors (Lipinski definition) is 4. The van der Waals surface area contributed by atoms with Crippen LogP contribution in [-0.4, -0.2) is 38.4 Å². The van der Waals surface area contributed by atoms with Crippen molar-refractivity contribution in [2.24, 2.45) is 0 Å². The first-order valence-electron chi connectivity index (χ1n) is 8.12. The van der Waals surface area contributed by atoms with Gasteiger partial charge in [0.2, 0.25) is 5.91 Å². The Bertz CT molecular complexity index is 827. The maximum Gasteiger partial charge on any atom is 0.345 e. The van der Waals surface area contributed by atoms with E-state index in [2.05, 4.69) is 9.97 Å². The Morgan fingerprint density at radius 3 is 2.96 bits per heavy atom. The predicted octanol–water partition coefficient (Wildman–Crippen LogP) is 0.728. The number of aromatic amines is 1. The molecule has 1 amide bonds. The molecular formula is C17H20N4O3. The highest BCUT2D eigenvalue weighted by Crippen LogP contribution is 2.25. The molecular weight excluding hydrogens is 308 g/mol. The largest absolute Gasteiger partial charge is 0.345 e. The Morgan fingerprint density at radius 1 is 1.29 bits per heavy atom. The molecule has 0 aliphatic carbocycles. The molecule has 126 valence electrons. The summed E-state index contributed by atoms with van der Waals surface area (Å²) in [6.07, 6.45) is 5.31. The lowest BCUT2D eigenvalue weighted by atomic mass is 9.94. The molecule has 1 aliphatic rings. The smallest absolute Gasteiger partial charge is 0.342 e. The molecule has 0 saturated carbocycles. The van der Waals surface area contributed by atoms with Crippen molar-refractivity contribution < 1.29 is 4.79 Å². The number of nitrogens with one attached hydrogen (secondary N) is 1. The van der Waals surface area contributed by atoms with E-state index in [0.717, 1.165) is 18.5 Å². The molecule has 1 aliphatic heterocycles. The maximum atomic E-state index is 12.5. The van der Waals surface area contributed by atoms with Crippen LogP contribution in [0.3, 0.4) is 0 Å². The zero-order chi connectivity index (χ0) is 16.9. The fourth-order valence-electron chi connectivity index (χ4n) is 3.10. The Morgan fingerprint density at radius 2 is 2.17 bits per heavy atom. The van der Waals surface area contributed by atoms with Gasteiger partial charge >= 0.3 is 5.69 Å². The lowest BCUT2D eigenvalue weighted by molar-refractivity contribution is -0.132. The number of aromatic nitrogens is 3. The molecule has 7 nitrogen and oxygen atoms in total. The van der Waals surface area contributed by atoms with Crippen molar-refractivity contribution in [3.05, 3.63) is 63.2 Å². The average molecular weight is 328 g/mol. The van der Waals surface area contributed by atoms with Crippen LogP contribution in [0.1, 0.15) is 30.9 Å². The Kier molecular flexibility index (Phi) is 4.88. The van der Waals surface area contributed by atoms with E-state index < -0.39 is 0 Å². The molecule has 3 rings (SSSR count). The van der Waals surface area contributed by atoms with Gasteiger partial charge < -0.3 is 14.5 Å². The maximum absolute atomic E-state index is 12.5. The molecule has 3 heterocycles. The fraction of sp³-hybridized carbons (Fsp3) is 0.412. The molecule has 0 spiro atoms. The van der Waals surface area contributed by atoms with E-state index in [1.165, 1.54) is 12.3 Å². The van der Waals surface area contributed by atoms with Gasteiger partial charge in [-0.25, -0.2) is 9.78 Å². The van der Waals surface area contributed by atoms with Gasteiger partial charge in [-0.15, -0.1) is 0 Å². The number of amides is 1. The zero-order valence-electron chi connectivity index (χ0n) is 13.4. The molecule has 24 heavy (non-hydrogen) atoms. The van der Waals surface area contributed by atoms with E-state index in [4.69, 9.17) is 0 Å². The third-order valence-corrected chi connectivity index (χ3v) is 4.38. The molecule has 0 radical (unpaired) electrons. The van der Waals surface area contributed by atoms with E-state index in [1.54, 1.807) is 29.0 Å². The number of H-pyrrole nitrogens is 1. The molecule has 1 atom stereocenters. The number of rotatable bonds is 4. The standard InChI is InChI=1S/C17H20N4O3/c22-15-5-1-2-9-20(15)11-7-16(23)21-10-3-4-13(12-21)14-6-8-18-17(24)19-14/h1-2,5-6,8-9,13H,3-4,7,10-12H2,(H,18,19,24)/t13-/m1/s1. The summed E-state index contributed by atoms with van der Waals surface area (Å²) < 4.78 is 1.54. The zero-order valence-corrected chi connectivity index (χ0v) is 13.4. The first-order valence-corrected chi connectivity index (χ1v) is 8.12. The molecule has 1 fully saturated rings. The fourth-order valence-corrected chi connectivity index (χ4v) is 3.10. The highest BCUT2D eigenvalue weighted by molar-refractivity contribution is 5.76. The summed E-state index contributed by atoms with van der Waals surface area (Å²) in [4.78, 5) is 43.7. The summed E-state index contributed by atoms with van der Waals surface area (Å²) in [6.45, 7) is 1.68. The minimum absolute atomic E-state index is 0.0341. The Labute approximate surface area is 139 Å². The van der Waals surface area contributed by atoms with Gasteiger partial charge in [0, 0.05) is 56.1 Å². The number of carbonyl (C=O) groups is 1. The molecule has 0 unspecified atom stereocenters. The van der Waals surface area contributed by atoms with Crippen molar-refractivity contribution >= 4 is 5.91 Å². The van der Waals surface area contributed by atoms with Gasteiger partial charge in [0.1, 0.15) is 0 Å². The minimum Gasteiger partial charge on any atom is -0.342 e. The Balaban J connectivity index is 1.62. The van der Waals surface area contributed by atoms with E-state index in [-0.39, 0.29) is 23.1 Å². The summed E-state index contributed by atoms with van der Waals surface area (Å²) in [5.74, 6) is 0.157. The van der Waals surface area contributed by atoms with Crippen LogP contribution in [0, 0.1) is 0 Å². The summed E-state index contributed by atoms with van der Waals surface area (Å²) in [7, 11) is 0. The van der Waals surface area contributed by atoms with Crippen molar-refractivity contribution in [2.45, 2.75) is 31.7 Å². The average Bonchev–Trinajstić information content (AvgIpc) is 2.61. The third kappa shape index (κ3) is 3.79. The topological polar surface area (TPSA) is 88.1 Å². The summed E-state index contributed by atoms with van der Waals surface area (Å²) >= 11 is 0. The molecule has 1 N–H and O–H groups in total. The summed E-state index contributed by atoms with van der Waals surface area (Å²) in [6, 6.07) is 6.75. The van der Waals surface area contributed by atoms with Gasteiger partial charge in [-0.3, -0.25) is 9.59 Å². The van der Waals surface area contributed by atoms with Gasteiger partial charge in [0.15, 0.2) is 0 Å². The van der Waals surface area contributed by atoms with Crippen LogP contribution >= 0.6 is 0 Å². The number of carbonyl (C=O) groups excluding carboxylic acids is 1. The van der Waals surface area contributed by atoms with Crippen molar-refractivity contribution in [3.63, 3.8) is 0 Å². The molecule has 0 aromatic carbocycles. The highest BCUT2D eigenvalue weighted by Gasteiger charge is 2.25. The van der Waals surface area contributed by atoms with Gasteiger partial charge in [0.05, 0.1) is 0 Å². The number of likely N-dealkylation sites (tertiary alicyclic amines) is 1. The minimum atomic E-state index is -0.362. The third-order valence-electron chi connectivity index (χ3n) is 4.38. The van der Waals surface area contributed by atoms with E-state index in [9.17, 15) is 14.4 Å². The van der Waals surface area contributed by atoms with Crippen molar-refractivity contribution in [2.75, 3.05) is 13.1 Å². The lowest BCUT2D eigenvalue weighted by Crippen LogP contribution is -2.40. The van der Waals surface area contributed by atoms with Crippen LogP contribution in [-0.2, 0) is 11.3 Å². The van der Waals surface area contributed by atoms with Crippen molar-refractivity contribution in [3.8, 4) is 0 Å². The number of aryl methyl sites for hydroxylation is 1. The van der Waals surface area contributed by atoms with Gasteiger partial charge in [0.25, 0.3) is 5.56 Å². The lowest BCUT2D eigenvalue weighted by Gasteiger charge is -2.32. The number of nitrogens with zero attached hydrogens (tertiary/aromatic N) is 3. The second-order valence-corrected chi connectivity index (χ2v) is 5.99. The van der Waals surface area contributed by atoms with Crippen molar-refractivity contribution in [1.29, 1.82) is 0 Å². The number of hydrogen-bond donors (Lipinski definition) is 1. The normalized spacial score (nSPS) is 17.7. The summed E-state index contributed by atoms with van der Waals surface area (Å²) in [5.41, 5.74) is 0.363. The van der Waals surface area contributed by atoms with Gasteiger partial charge in [-0.05, 0) is 25.0 Å². The van der Waals surface area contributed by atoms with Crippen LogP contribution in [0.2, 0.25) is 0 Å². The van der Waals surface area contributed by atoms with Crippen molar-refractivity contribution in [1.82, 2.24) is 19.4 Å². The molecule has 1 saturated heterocycles. The van der Waals surface area contributed by atoms with Crippen LogP contribution in [0.5, 0.6) is 0 Å². The van der Waals surface area contributed by atoms with Crippen LogP contribution in [0.25, 0.3) is 0 Å². The number of piperidine rings is 1. The first-order chi connectivity index (χ1) is 11.6. The van der Waals surface area contributed by atoms with Crippen LogP contribution in [0.15, 0.2) is 46.2 Å². The van der Waals surface area contributed by atoms with E-state index >= 15 is 0 Å². The Hall–Kier alpha value is -2.70. The molecule has 2 aromatic rings. The molecule has 0 bridgehead atoms. The van der Waals surface area contributed by atoms with E-state index in [1.807, 2.05) is 4.90 Å². The molecule has 7 heteroatoms.